The van der Waals surface area contributed by atoms with Crippen molar-refractivity contribution in [1.82, 2.24) is 4.90 Å². The highest BCUT2D eigenvalue weighted by Gasteiger charge is 2.32. The molecule has 0 radical (unpaired) electrons. The first-order chi connectivity index (χ1) is 9.74. The number of carbonyl (C=O) groups is 1. The molecule has 0 spiro atoms. The number of hydrogen-bond donors (Lipinski definition) is 2. The summed E-state index contributed by atoms with van der Waals surface area (Å²) in [6, 6.07) is 8.16. The van der Waals surface area contributed by atoms with E-state index in [1.54, 1.807) is 4.90 Å². The predicted molar refractivity (Wildman–Crippen MR) is 84.1 cm³/mol. The second kappa shape index (κ2) is 7.55. The normalized spacial score (nSPS) is 14.1. The van der Waals surface area contributed by atoms with Gasteiger partial charge in [0, 0.05) is 24.0 Å². The molecule has 4 nitrogen and oxygen atoms in total. The number of aliphatic hydroxyl groups excluding tert-OH is 1. The van der Waals surface area contributed by atoms with Crippen molar-refractivity contribution in [3.05, 3.63) is 29.8 Å². The standard InChI is InChI=1S/C15H22N2O2S/c1-2-20-11-12-4-3-5-13(10-12)16-15(19)17(8-9-18)14-6-7-14/h3-5,10,14,18H,2,6-9,11H2,1H3,(H,16,19). The van der Waals surface area contributed by atoms with Crippen LogP contribution in [0.1, 0.15) is 25.3 Å². The average Bonchev–Trinajstić information content (AvgIpc) is 3.27. The van der Waals surface area contributed by atoms with Gasteiger partial charge in [0.1, 0.15) is 0 Å². The van der Waals surface area contributed by atoms with Crippen LogP contribution in [0, 0.1) is 0 Å². The predicted octanol–water partition coefficient (Wildman–Crippen LogP) is 2.93. The van der Waals surface area contributed by atoms with Crippen molar-refractivity contribution < 1.29 is 9.90 Å². The number of nitrogens with zero attached hydrogens (tertiary/aromatic N) is 1. The lowest BCUT2D eigenvalue weighted by Gasteiger charge is -2.21. The van der Waals surface area contributed by atoms with Crippen LogP contribution in [-0.2, 0) is 5.75 Å². The van der Waals surface area contributed by atoms with Gasteiger partial charge in [-0.3, -0.25) is 0 Å². The van der Waals surface area contributed by atoms with Gasteiger partial charge in [-0.25, -0.2) is 4.79 Å². The van der Waals surface area contributed by atoms with Gasteiger partial charge in [-0.05, 0) is 36.3 Å². The Balaban J connectivity index is 1.95. The van der Waals surface area contributed by atoms with Crippen molar-refractivity contribution in [2.24, 2.45) is 0 Å². The molecule has 0 aromatic heterocycles. The molecule has 0 heterocycles. The summed E-state index contributed by atoms with van der Waals surface area (Å²) >= 11 is 1.86. The first-order valence-electron chi connectivity index (χ1n) is 7.09. The Morgan fingerprint density at radius 1 is 1.50 bits per heavy atom. The second-order valence-electron chi connectivity index (χ2n) is 4.92. The van der Waals surface area contributed by atoms with Gasteiger partial charge in [-0.1, -0.05) is 19.1 Å². The van der Waals surface area contributed by atoms with Gasteiger partial charge >= 0.3 is 6.03 Å². The Morgan fingerprint density at radius 3 is 2.95 bits per heavy atom. The number of amides is 2. The van der Waals surface area contributed by atoms with Crippen LogP contribution in [0.3, 0.4) is 0 Å². The summed E-state index contributed by atoms with van der Waals surface area (Å²) in [5, 5.41) is 12.0. The molecular formula is C15H22N2O2S. The van der Waals surface area contributed by atoms with Crippen molar-refractivity contribution in [2.75, 3.05) is 24.2 Å². The molecule has 5 heteroatoms. The number of aliphatic hydroxyl groups is 1. The third-order valence-corrected chi connectivity index (χ3v) is 4.19. The summed E-state index contributed by atoms with van der Waals surface area (Å²) in [6.45, 7) is 2.55. The molecule has 1 aromatic rings. The van der Waals surface area contributed by atoms with Crippen LogP contribution in [0.4, 0.5) is 10.5 Å². The van der Waals surface area contributed by atoms with E-state index < -0.39 is 0 Å². The highest BCUT2D eigenvalue weighted by Crippen LogP contribution is 2.27. The molecule has 0 unspecified atom stereocenters. The molecule has 110 valence electrons. The first-order valence-corrected chi connectivity index (χ1v) is 8.25. The summed E-state index contributed by atoms with van der Waals surface area (Å²) in [7, 11) is 0. The maximum Gasteiger partial charge on any atom is 0.322 e. The Hall–Kier alpha value is -1.20. The summed E-state index contributed by atoms with van der Waals surface area (Å²) in [4.78, 5) is 13.9. The third kappa shape index (κ3) is 4.42. The van der Waals surface area contributed by atoms with Crippen molar-refractivity contribution in [1.29, 1.82) is 0 Å². The fourth-order valence-electron chi connectivity index (χ4n) is 2.10. The van der Waals surface area contributed by atoms with Crippen LogP contribution in [0.2, 0.25) is 0 Å². The fourth-order valence-corrected chi connectivity index (χ4v) is 2.72. The van der Waals surface area contributed by atoms with Crippen molar-refractivity contribution in [2.45, 2.75) is 31.6 Å². The molecule has 0 atom stereocenters. The average molecular weight is 294 g/mol. The Bertz CT molecular complexity index is 449. The van der Waals surface area contributed by atoms with Crippen LogP contribution in [0.25, 0.3) is 0 Å². The molecule has 2 rings (SSSR count). The van der Waals surface area contributed by atoms with E-state index in [9.17, 15) is 4.79 Å². The molecule has 2 N–H and O–H groups in total. The fraction of sp³-hybridized carbons (Fsp3) is 0.533. The highest BCUT2D eigenvalue weighted by atomic mass is 32.2. The summed E-state index contributed by atoms with van der Waals surface area (Å²) in [5.41, 5.74) is 2.04. The molecule has 1 aliphatic carbocycles. The van der Waals surface area contributed by atoms with E-state index in [0.29, 0.717) is 12.6 Å². The van der Waals surface area contributed by atoms with Crippen LogP contribution in [-0.4, -0.2) is 41.0 Å². The molecule has 1 fully saturated rings. The zero-order chi connectivity index (χ0) is 14.4. The first kappa shape index (κ1) is 15.2. The van der Waals surface area contributed by atoms with Gasteiger partial charge in [0.05, 0.1) is 6.61 Å². The van der Waals surface area contributed by atoms with Gasteiger partial charge in [-0.2, -0.15) is 11.8 Å². The zero-order valence-electron chi connectivity index (χ0n) is 11.8. The monoisotopic (exact) mass is 294 g/mol. The van der Waals surface area contributed by atoms with Crippen LogP contribution in [0.5, 0.6) is 0 Å². The van der Waals surface area contributed by atoms with Crippen molar-refractivity contribution >= 4 is 23.5 Å². The van der Waals surface area contributed by atoms with Gasteiger partial charge < -0.3 is 15.3 Å². The lowest BCUT2D eigenvalue weighted by atomic mass is 10.2. The topological polar surface area (TPSA) is 52.6 Å². The molecule has 0 bridgehead atoms. The van der Waals surface area contributed by atoms with E-state index in [1.165, 1.54) is 5.56 Å². The molecule has 20 heavy (non-hydrogen) atoms. The molecule has 1 saturated carbocycles. The quantitative estimate of drug-likeness (QED) is 0.813. The minimum atomic E-state index is -0.109. The number of nitrogens with one attached hydrogen (secondary N) is 1. The number of urea groups is 1. The lowest BCUT2D eigenvalue weighted by molar-refractivity contribution is 0.185. The lowest BCUT2D eigenvalue weighted by Crippen LogP contribution is -2.38. The van der Waals surface area contributed by atoms with Crippen molar-refractivity contribution in [3.63, 3.8) is 0 Å². The SMILES string of the molecule is CCSCc1cccc(NC(=O)N(CCO)C2CC2)c1. The number of carbonyl (C=O) groups excluding carboxylic acids is 1. The van der Waals surface area contributed by atoms with E-state index in [0.717, 1.165) is 30.0 Å². The summed E-state index contributed by atoms with van der Waals surface area (Å²) in [5.74, 6) is 2.05. The molecule has 0 aliphatic heterocycles. The molecule has 1 aromatic carbocycles. The number of anilines is 1. The summed E-state index contributed by atoms with van der Waals surface area (Å²) in [6.07, 6.45) is 2.08. The molecule has 2 amide bonds. The molecular weight excluding hydrogens is 272 g/mol. The number of thioether (sulfide) groups is 1. The second-order valence-corrected chi connectivity index (χ2v) is 6.19. The number of benzene rings is 1. The van der Waals surface area contributed by atoms with E-state index in [4.69, 9.17) is 5.11 Å². The Morgan fingerprint density at radius 2 is 2.30 bits per heavy atom. The van der Waals surface area contributed by atoms with E-state index in [2.05, 4.69) is 18.3 Å². The van der Waals surface area contributed by atoms with Gasteiger partial charge in [-0.15, -0.1) is 0 Å². The van der Waals surface area contributed by atoms with E-state index in [1.807, 2.05) is 30.0 Å². The number of hydrogen-bond acceptors (Lipinski definition) is 3. The highest BCUT2D eigenvalue weighted by molar-refractivity contribution is 7.98. The third-order valence-electron chi connectivity index (χ3n) is 3.24. The zero-order valence-corrected chi connectivity index (χ0v) is 12.7. The van der Waals surface area contributed by atoms with Crippen molar-refractivity contribution in [3.8, 4) is 0 Å². The van der Waals surface area contributed by atoms with E-state index >= 15 is 0 Å². The molecule has 1 aliphatic rings. The van der Waals surface area contributed by atoms with Gasteiger partial charge in [0.2, 0.25) is 0 Å². The summed E-state index contributed by atoms with van der Waals surface area (Å²) < 4.78 is 0. The van der Waals surface area contributed by atoms with Crippen LogP contribution < -0.4 is 5.32 Å². The molecule has 0 saturated heterocycles. The minimum absolute atomic E-state index is 0.0110. The van der Waals surface area contributed by atoms with Gasteiger partial charge in [0.15, 0.2) is 0 Å². The van der Waals surface area contributed by atoms with Gasteiger partial charge in [0.25, 0.3) is 0 Å². The minimum Gasteiger partial charge on any atom is -0.395 e. The maximum absolute atomic E-state index is 12.2. The maximum atomic E-state index is 12.2. The number of rotatable bonds is 7. The Labute approximate surface area is 124 Å². The van der Waals surface area contributed by atoms with Crippen LogP contribution in [0.15, 0.2) is 24.3 Å². The van der Waals surface area contributed by atoms with Crippen LogP contribution >= 0.6 is 11.8 Å². The largest absolute Gasteiger partial charge is 0.395 e. The smallest absolute Gasteiger partial charge is 0.322 e. The Kier molecular flexibility index (Phi) is 5.73. The van der Waals surface area contributed by atoms with E-state index in [-0.39, 0.29) is 12.6 Å².